The average molecular weight is 384 g/mol. The molecule has 7 nitrogen and oxygen atoms in total. The average Bonchev–Trinajstić information content (AvgIpc) is 2.81. The van der Waals surface area contributed by atoms with E-state index in [0.29, 0.717) is 0 Å². The van der Waals surface area contributed by atoms with Crippen molar-refractivity contribution in [2.75, 3.05) is 6.61 Å². The lowest BCUT2D eigenvalue weighted by Crippen LogP contribution is -2.27. The zero-order chi connectivity index (χ0) is 20.4. The molecule has 0 fully saturated rings. The van der Waals surface area contributed by atoms with Crippen LogP contribution in [0.15, 0.2) is 17.8 Å². The molecule has 10 heteroatoms. The third-order valence-corrected chi connectivity index (χ3v) is 3.56. The van der Waals surface area contributed by atoms with Gasteiger partial charge in [-0.3, -0.25) is 4.79 Å². The smallest absolute Gasteiger partial charge is 0.417 e. The number of pyridine rings is 1. The Kier molecular flexibility index (Phi) is 5.87. The summed E-state index contributed by atoms with van der Waals surface area (Å²) < 4.78 is 45.8. The molecule has 2 rings (SSSR count). The summed E-state index contributed by atoms with van der Waals surface area (Å²) in [5.74, 6) is -1.17. The minimum atomic E-state index is -4.56. The monoisotopic (exact) mass is 384 g/mol. The molecule has 1 N–H and O–H groups in total. The number of fused-ring (bicyclic) bond motifs is 1. The van der Waals surface area contributed by atoms with Crippen LogP contribution in [0.25, 0.3) is 11.0 Å². The number of nitrogens with zero attached hydrogens (tertiary/aromatic N) is 3. The first-order valence-electron chi connectivity index (χ1n) is 8.09. The second-order valence-corrected chi connectivity index (χ2v) is 5.88. The van der Waals surface area contributed by atoms with Gasteiger partial charge in [-0.15, -0.1) is 0 Å². The number of allylic oxidation sites excluding steroid dienone is 1. The van der Waals surface area contributed by atoms with E-state index in [2.05, 4.69) is 15.4 Å². The number of aryl methyl sites for hydroxylation is 2. The van der Waals surface area contributed by atoms with Crippen LogP contribution < -0.4 is 5.32 Å². The van der Waals surface area contributed by atoms with Gasteiger partial charge in [0.05, 0.1) is 23.3 Å². The first-order chi connectivity index (χ1) is 12.5. The fraction of sp³-hybridized carbons (Fsp3) is 0.412. The maximum Gasteiger partial charge on any atom is 0.417 e. The van der Waals surface area contributed by atoms with Crippen LogP contribution in [-0.4, -0.2) is 33.2 Å². The van der Waals surface area contributed by atoms with Crippen molar-refractivity contribution >= 4 is 22.9 Å². The molecule has 0 spiro atoms. The van der Waals surface area contributed by atoms with Gasteiger partial charge in [0.25, 0.3) is 0 Å². The molecule has 27 heavy (non-hydrogen) atoms. The SMILES string of the molecule is CCOC(=O)/C=C(\C)NC(=O)Cn1nc(C)c2c(C(F)(F)F)cc(C)nc21. The van der Waals surface area contributed by atoms with Crippen molar-refractivity contribution in [2.45, 2.75) is 40.4 Å². The van der Waals surface area contributed by atoms with Crippen LogP contribution in [0.5, 0.6) is 0 Å². The van der Waals surface area contributed by atoms with Gasteiger partial charge in [0.15, 0.2) is 5.65 Å². The van der Waals surface area contributed by atoms with Gasteiger partial charge < -0.3 is 10.1 Å². The number of hydrogen-bond acceptors (Lipinski definition) is 5. The summed E-state index contributed by atoms with van der Waals surface area (Å²) in [6.07, 6.45) is -3.45. The van der Waals surface area contributed by atoms with Crippen molar-refractivity contribution in [3.63, 3.8) is 0 Å². The number of amides is 1. The summed E-state index contributed by atoms with van der Waals surface area (Å²) in [5, 5.41) is 6.35. The van der Waals surface area contributed by atoms with E-state index in [9.17, 15) is 22.8 Å². The Bertz CT molecular complexity index is 916. The van der Waals surface area contributed by atoms with Gasteiger partial charge in [0.1, 0.15) is 6.54 Å². The minimum absolute atomic E-state index is 0.0259. The summed E-state index contributed by atoms with van der Waals surface area (Å²) in [5.41, 5.74) is -0.340. The van der Waals surface area contributed by atoms with Crippen LogP contribution in [0, 0.1) is 13.8 Å². The molecule has 0 saturated heterocycles. The number of esters is 1. The van der Waals surface area contributed by atoms with E-state index < -0.39 is 23.6 Å². The van der Waals surface area contributed by atoms with Crippen molar-refractivity contribution in [1.82, 2.24) is 20.1 Å². The predicted octanol–water partition coefficient (Wildman–Crippen LogP) is 2.65. The third kappa shape index (κ3) is 4.83. The largest absolute Gasteiger partial charge is 0.463 e. The number of hydrogen-bond donors (Lipinski definition) is 1. The number of halogens is 3. The molecule has 146 valence electrons. The maximum absolute atomic E-state index is 13.3. The highest BCUT2D eigenvalue weighted by Gasteiger charge is 2.35. The normalized spacial score (nSPS) is 12.3. The molecule has 1 amide bonds. The van der Waals surface area contributed by atoms with E-state index in [1.807, 2.05) is 0 Å². The van der Waals surface area contributed by atoms with Gasteiger partial charge >= 0.3 is 12.1 Å². The molecule has 0 unspecified atom stereocenters. The molecule has 0 atom stereocenters. The fourth-order valence-electron chi connectivity index (χ4n) is 2.60. The van der Waals surface area contributed by atoms with Crippen LogP contribution in [0.2, 0.25) is 0 Å². The first kappa shape index (κ1) is 20.4. The molecule has 0 aliphatic carbocycles. The molecule has 0 aliphatic heterocycles. The highest BCUT2D eigenvalue weighted by molar-refractivity contribution is 5.87. The van der Waals surface area contributed by atoms with Crippen molar-refractivity contribution < 1.29 is 27.5 Å². The molecule has 2 heterocycles. The Morgan fingerprint density at radius 2 is 2.00 bits per heavy atom. The summed E-state index contributed by atoms with van der Waals surface area (Å²) in [6, 6.07) is 0.952. The Labute approximate surface area is 153 Å². The second kappa shape index (κ2) is 7.77. The van der Waals surface area contributed by atoms with Crippen molar-refractivity contribution in [2.24, 2.45) is 0 Å². The van der Waals surface area contributed by atoms with Gasteiger partial charge in [-0.2, -0.15) is 18.3 Å². The number of alkyl halides is 3. The lowest BCUT2D eigenvalue weighted by atomic mass is 10.1. The van der Waals surface area contributed by atoms with Crippen LogP contribution in [0.1, 0.15) is 30.8 Å². The van der Waals surface area contributed by atoms with E-state index in [1.54, 1.807) is 6.92 Å². The highest BCUT2D eigenvalue weighted by atomic mass is 19.4. The van der Waals surface area contributed by atoms with E-state index in [4.69, 9.17) is 4.74 Å². The Balaban J connectivity index is 2.31. The predicted molar refractivity (Wildman–Crippen MR) is 90.5 cm³/mol. The van der Waals surface area contributed by atoms with E-state index in [0.717, 1.165) is 16.8 Å². The van der Waals surface area contributed by atoms with Crippen molar-refractivity contribution in [3.05, 3.63) is 34.8 Å². The number of ether oxygens (including phenoxy) is 1. The number of carbonyl (C=O) groups excluding carboxylic acids is 2. The van der Waals surface area contributed by atoms with E-state index in [-0.39, 0.29) is 41.3 Å². The first-order valence-corrected chi connectivity index (χ1v) is 8.09. The topological polar surface area (TPSA) is 86.1 Å². The third-order valence-electron chi connectivity index (χ3n) is 3.56. The zero-order valence-corrected chi connectivity index (χ0v) is 15.3. The zero-order valence-electron chi connectivity index (χ0n) is 15.3. The molecule has 0 bridgehead atoms. The molecule has 2 aromatic heterocycles. The highest BCUT2D eigenvalue weighted by Crippen LogP contribution is 2.36. The number of rotatable bonds is 5. The summed E-state index contributed by atoms with van der Waals surface area (Å²) in [4.78, 5) is 27.6. The second-order valence-electron chi connectivity index (χ2n) is 5.88. The van der Waals surface area contributed by atoms with E-state index >= 15 is 0 Å². The summed E-state index contributed by atoms with van der Waals surface area (Å²) in [7, 11) is 0. The van der Waals surface area contributed by atoms with E-state index in [1.165, 1.54) is 20.8 Å². The molecular formula is C17H19F3N4O3. The lowest BCUT2D eigenvalue weighted by Gasteiger charge is -2.10. The van der Waals surface area contributed by atoms with Crippen LogP contribution >= 0.6 is 0 Å². The maximum atomic E-state index is 13.3. The Morgan fingerprint density at radius 1 is 1.33 bits per heavy atom. The van der Waals surface area contributed by atoms with Gasteiger partial charge in [0, 0.05) is 17.5 Å². The van der Waals surface area contributed by atoms with Crippen LogP contribution in [-0.2, 0) is 27.0 Å². The van der Waals surface area contributed by atoms with Crippen molar-refractivity contribution in [3.8, 4) is 0 Å². The minimum Gasteiger partial charge on any atom is -0.463 e. The molecule has 0 aromatic carbocycles. The molecule has 2 aromatic rings. The molecule has 0 aliphatic rings. The number of carbonyl (C=O) groups is 2. The lowest BCUT2D eigenvalue weighted by molar-refractivity contribution is -0.137. The van der Waals surface area contributed by atoms with Crippen molar-refractivity contribution in [1.29, 1.82) is 0 Å². The van der Waals surface area contributed by atoms with Gasteiger partial charge in [-0.1, -0.05) is 0 Å². The Hall–Kier alpha value is -2.91. The Morgan fingerprint density at radius 3 is 2.59 bits per heavy atom. The van der Waals surface area contributed by atoms with Gasteiger partial charge in [-0.05, 0) is 33.8 Å². The van der Waals surface area contributed by atoms with Gasteiger partial charge in [-0.25, -0.2) is 14.5 Å². The molecule has 0 saturated carbocycles. The van der Waals surface area contributed by atoms with Crippen LogP contribution in [0.3, 0.4) is 0 Å². The summed E-state index contributed by atoms with van der Waals surface area (Å²) >= 11 is 0. The number of aromatic nitrogens is 3. The number of nitrogens with one attached hydrogen (secondary N) is 1. The summed E-state index contributed by atoms with van der Waals surface area (Å²) in [6.45, 7) is 5.84. The van der Waals surface area contributed by atoms with Gasteiger partial charge in [0.2, 0.25) is 5.91 Å². The molecule has 0 radical (unpaired) electrons. The molecular weight excluding hydrogens is 365 g/mol. The fourth-order valence-corrected chi connectivity index (χ4v) is 2.60. The van der Waals surface area contributed by atoms with Crippen LogP contribution in [0.4, 0.5) is 13.2 Å². The quantitative estimate of drug-likeness (QED) is 0.633. The standard InChI is InChI=1S/C17H19F3N4O3/c1-5-27-14(26)7-10(3)21-13(25)8-24-16-15(11(4)23-24)12(17(18,19)20)6-9(2)22-16/h6-7H,5,8H2,1-4H3,(H,21,25)/b10-7+.